The van der Waals surface area contributed by atoms with Crippen LogP contribution in [-0.4, -0.2) is 58.4 Å². The topological polar surface area (TPSA) is 130 Å². The van der Waals surface area contributed by atoms with E-state index in [1.807, 2.05) is 0 Å². The number of imide groups is 1. The van der Waals surface area contributed by atoms with Gasteiger partial charge in [-0.05, 0) is 38.3 Å². The first kappa shape index (κ1) is 23.1. The van der Waals surface area contributed by atoms with E-state index >= 15 is 0 Å². The van der Waals surface area contributed by atoms with Crippen LogP contribution in [0.15, 0.2) is 24.3 Å². The summed E-state index contributed by atoms with van der Waals surface area (Å²) >= 11 is 0. The fraction of sp³-hybridized carbons (Fsp3) is 0.476. The van der Waals surface area contributed by atoms with Gasteiger partial charge in [0.25, 0.3) is 11.8 Å². The molecule has 30 heavy (non-hydrogen) atoms. The summed E-state index contributed by atoms with van der Waals surface area (Å²) in [4.78, 5) is 61.3. The summed E-state index contributed by atoms with van der Waals surface area (Å²) in [6, 6.07) is 6.67. The third kappa shape index (κ3) is 4.84. The quantitative estimate of drug-likeness (QED) is 0.242. The van der Waals surface area contributed by atoms with Crippen molar-refractivity contribution in [2.45, 2.75) is 51.5 Å². The fourth-order valence-corrected chi connectivity index (χ4v) is 3.47. The minimum Gasteiger partial charge on any atom is -0.479 e. The van der Waals surface area contributed by atoms with Crippen LogP contribution in [0.4, 0.5) is 0 Å². The van der Waals surface area contributed by atoms with Crippen molar-refractivity contribution in [2.24, 2.45) is 0 Å². The zero-order valence-corrected chi connectivity index (χ0v) is 17.1. The van der Waals surface area contributed by atoms with E-state index in [9.17, 15) is 29.1 Å². The highest BCUT2D eigenvalue weighted by atomic mass is 16.5. The molecule has 3 amide bonds. The van der Waals surface area contributed by atoms with Crippen LogP contribution in [0.2, 0.25) is 0 Å². The summed E-state index contributed by atoms with van der Waals surface area (Å²) in [5.74, 6) is -3.74. The molecule has 0 aliphatic carbocycles. The summed E-state index contributed by atoms with van der Waals surface area (Å²) in [5.41, 5.74) is -1.32. The van der Waals surface area contributed by atoms with Crippen LogP contribution in [0, 0.1) is 0 Å². The van der Waals surface area contributed by atoms with Crippen LogP contribution in [0.25, 0.3) is 0 Å². The van der Waals surface area contributed by atoms with Crippen molar-refractivity contribution >= 4 is 29.7 Å². The van der Waals surface area contributed by atoms with Crippen molar-refractivity contribution in [3.8, 4) is 0 Å². The van der Waals surface area contributed by atoms with E-state index in [2.05, 4.69) is 5.32 Å². The van der Waals surface area contributed by atoms with Crippen molar-refractivity contribution < 1.29 is 33.8 Å². The highest BCUT2D eigenvalue weighted by Crippen LogP contribution is 2.23. The molecule has 0 bridgehead atoms. The number of fused-ring (bicyclic) bond motifs is 1. The van der Waals surface area contributed by atoms with E-state index in [-0.39, 0.29) is 31.4 Å². The maximum Gasteiger partial charge on any atom is 0.343 e. The minimum absolute atomic E-state index is 0.00622. The monoisotopic (exact) mass is 418 g/mol. The second-order valence-corrected chi connectivity index (χ2v) is 7.08. The molecule has 1 unspecified atom stereocenters. The number of hydrogen-bond donors (Lipinski definition) is 2. The van der Waals surface area contributed by atoms with E-state index in [0.717, 1.165) is 6.92 Å². The number of nitrogens with zero attached hydrogens (tertiary/aromatic N) is 1. The van der Waals surface area contributed by atoms with Gasteiger partial charge in [-0.25, -0.2) is 9.59 Å². The molecule has 1 aliphatic rings. The molecule has 0 aromatic heterocycles. The predicted molar refractivity (Wildman–Crippen MR) is 106 cm³/mol. The first-order valence-corrected chi connectivity index (χ1v) is 9.89. The van der Waals surface area contributed by atoms with Crippen molar-refractivity contribution in [3.63, 3.8) is 0 Å². The summed E-state index contributed by atoms with van der Waals surface area (Å²) < 4.78 is 4.85. The summed E-state index contributed by atoms with van der Waals surface area (Å²) in [5, 5.41) is 11.8. The molecule has 9 heteroatoms. The number of benzene rings is 1. The standard InChI is InChI=1S/C21H26N2O7/c1-3-30-20(29)21(19(27)28,22-14(2)24)12-8-4-5-9-13-23-17(25)15-10-6-7-11-16(15)18(23)26/h6-7,10-11H,3-5,8-9,12-13H2,1-2H3,(H,22,24)(H,27,28). The van der Waals surface area contributed by atoms with E-state index in [1.54, 1.807) is 31.2 Å². The molecule has 0 radical (unpaired) electrons. The number of carbonyl (C=O) groups excluding carboxylic acids is 4. The van der Waals surface area contributed by atoms with Gasteiger partial charge in [-0.3, -0.25) is 19.3 Å². The number of carboxylic acid groups (broad SMARTS) is 1. The van der Waals surface area contributed by atoms with Gasteiger partial charge in [-0.2, -0.15) is 0 Å². The van der Waals surface area contributed by atoms with Gasteiger partial charge in [0.1, 0.15) is 0 Å². The van der Waals surface area contributed by atoms with Gasteiger partial charge < -0.3 is 15.2 Å². The molecule has 2 rings (SSSR count). The van der Waals surface area contributed by atoms with Gasteiger partial charge in [0.15, 0.2) is 0 Å². The van der Waals surface area contributed by atoms with Gasteiger partial charge in [0, 0.05) is 13.5 Å². The number of nitrogens with one attached hydrogen (secondary N) is 1. The van der Waals surface area contributed by atoms with Crippen LogP contribution in [0.5, 0.6) is 0 Å². The van der Waals surface area contributed by atoms with E-state index in [0.29, 0.717) is 36.8 Å². The smallest absolute Gasteiger partial charge is 0.343 e. The van der Waals surface area contributed by atoms with Crippen LogP contribution in [0.3, 0.4) is 0 Å². The predicted octanol–water partition coefficient (Wildman–Crippen LogP) is 1.76. The Hall–Kier alpha value is -3.23. The Morgan fingerprint density at radius 3 is 2.10 bits per heavy atom. The van der Waals surface area contributed by atoms with E-state index in [1.165, 1.54) is 4.90 Å². The molecule has 0 saturated heterocycles. The summed E-state index contributed by atoms with van der Waals surface area (Å²) in [6.45, 7) is 2.95. The maximum absolute atomic E-state index is 12.3. The van der Waals surface area contributed by atoms with Crippen LogP contribution >= 0.6 is 0 Å². The average Bonchev–Trinajstić information content (AvgIpc) is 2.94. The number of rotatable bonds is 11. The van der Waals surface area contributed by atoms with Crippen molar-refractivity contribution in [1.82, 2.24) is 10.2 Å². The number of amides is 3. The summed E-state index contributed by atoms with van der Waals surface area (Å²) in [7, 11) is 0. The Morgan fingerprint density at radius 2 is 1.60 bits per heavy atom. The fourth-order valence-electron chi connectivity index (χ4n) is 3.47. The van der Waals surface area contributed by atoms with Gasteiger partial charge in [0.2, 0.25) is 11.4 Å². The summed E-state index contributed by atoms with van der Waals surface area (Å²) in [6.07, 6.45) is 1.94. The van der Waals surface area contributed by atoms with Gasteiger partial charge >= 0.3 is 11.9 Å². The second-order valence-electron chi connectivity index (χ2n) is 7.08. The second kappa shape index (κ2) is 10.00. The van der Waals surface area contributed by atoms with Gasteiger partial charge in [-0.15, -0.1) is 0 Å². The van der Waals surface area contributed by atoms with Crippen molar-refractivity contribution in [2.75, 3.05) is 13.2 Å². The molecule has 0 spiro atoms. The Morgan fingerprint density at radius 1 is 1.03 bits per heavy atom. The average molecular weight is 418 g/mol. The zero-order chi connectivity index (χ0) is 22.3. The Bertz CT molecular complexity index is 817. The molecule has 1 aromatic carbocycles. The van der Waals surface area contributed by atoms with Crippen molar-refractivity contribution in [1.29, 1.82) is 0 Å². The van der Waals surface area contributed by atoms with Gasteiger partial charge in [-0.1, -0.05) is 25.0 Å². The highest BCUT2D eigenvalue weighted by Gasteiger charge is 2.48. The molecular weight excluding hydrogens is 392 g/mol. The molecule has 1 aliphatic heterocycles. The molecule has 9 nitrogen and oxygen atoms in total. The third-order valence-electron chi connectivity index (χ3n) is 4.94. The number of ether oxygens (including phenoxy) is 1. The molecule has 0 saturated carbocycles. The lowest BCUT2D eigenvalue weighted by molar-refractivity contribution is -0.165. The lowest BCUT2D eigenvalue weighted by Crippen LogP contribution is -2.60. The minimum atomic E-state index is -2.12. The Labute approximate surface area is 174 Å². The number of unbranched alkanes of at least 4 members (excludes halogenated alkanes) is 3. The number of carboxylic acids is 1. The third-order valence-corrected chi connectivity index (χ3v) is 4.94. The Balaban J connectivity index is 1.86. The maximum atomic E-state index is 12.3. The number of carbonyl (C=O) groups is 5. The first-order chi connectivity index (χ1) is 14.2. The molecule has 2 N–H and O–H groups in total. The number of aliphatic carboxylic acids is 1. The molecule has 1 atom stereocenters. The zero-order valence-electron chi connectivity index (χ0n) is 17.1. The molecule has 1 aromatic rings. The molecule has 1 heterocycles. The van der Waals surface area contributed by atoms with E-state index < -0.39 is 23.4 Å². The van der Waals surface area contributed by atoms with Crippen LogP contribution in [0.1, 0.15) is 66.7 Å². The van der Waals surface area contributed by atoms with E-state index in [4.69, 9.17) is 4.74 Å². The highest BCUT2D eigenvalue weighted by molar-refractivity contribution is 6.21. The number of hydrogen-bond acceptors (Lipinski definition) is 6. The first-order valence-electron chi connectivity index (χ1n) is 9.89. The van der Waals surface area contributed by atoms with Gasteiger partial charge in [0.05, 0.1) is 17.7 Å². The normalized spacial score (nSPS) is 14.8. The SMILES string of the molecule is CCOC(=O)C(CCCCCCN1C(=O)c2ccccc2C1=O)(NC(C)=O)C(=O)O. The van der Waals surface area contributed by atoms with Crippen LogP contribution < -0.4 is 5.32 Å². The lowest BCUT2D eigenvalue weighted by atomic mass is 9.91. The molecule has 0 fully saturated rings. The Kier molecular flexibility index (Phi) is 7.68. The van der Waals surface area contributed by atoms with Crippen molar-refractivity contribution in [3.05, 3.63) is 35.4 Å². The largest absolute Gasteiger partial charge is 0.479 e. The molecular formula is C21H26N2O7. The van der Waals surface area contributed by atoms with Crippen LogP contribution in [-0.2, 0) is 19.1 Å². The number of esters is 1. The lowest BCUT2D eigenvalue weighted by Gasteiger charge is -2.27. The molecule has 162 valence electrons.